The molecular formula is C20H15FN2O2S. The summed E-state index contributed by atoms with van der Waals surface area (Å²) < 4.78 is 17.2. The van der Waals surface area contributed by atoms with Crippen molar-refractivity contribution in [2.75, 3.05) is 0 Å². The number of halogens is 1. The summed E-state index contributed by atoms with van der Waals surface area (Å²) in [7, 11) is 0. The van der Waals surface area contributed by atoms with E-state index in [-0.39, 0.29) is 17.9 Å². The first-order chi connectivity index (χ1) is 12.6. The molecule has 0 spiro atoms. The number of aryl methyl sites for hydroxylation is 1. The first-order valence-corrected chi connectivity index (χ1v) is 8.98. The number of benzene rings is 2. The molecule has 2 aromatic carbocycles. The average Bonchev–Trinajstić information content (AvgIpc) is 3.12. The average molecular weight is 366 g/mol. The Hall–Kier alpha value is -2.99. The predicted molar refractivity (Wildman–Crippen MR) is 102 cm³/mol. The van der Waals surface area contributed by atoms with E-state index in [4.69, 9.17) is 0 Å². The molecule has 4 aromatic rings. The number of rotatable bonds is 3. The van der Waals surface area contributed by atoms with Gasteiger partial charge in [-0.2, -0.15) is 0 Å². The maximum atomic E-state index is 14.1. The van der Waals surface area contributed by atoms with Gasteiger partial charge in [-0.25, -0.2) is 13.8 Å². The molecule has 0 aliphatic heterocycles. The SMILES string of the molecule is Cc1ccc(-n2c(=O)c3sccc3n(Cc3ccccc3F)c2=O)cc1. The molecule has 0 bridgehead atoms. The minimum absolute atomic E-state index is 0.0604. The molecule has 0 fully saturated rings. The van der Waals surface area contributed by atoms with E-state index in [0.717, 1.165) is 10.1 Å². The first kappa shape index (κ1) is 16.5. The number of nitrogens with zero attached hydrogens (tertiary/aromatic N) is 2. The van der Waals surface area contributed by atoms with E-state index in [0.29, 0.717) is 21.5 Å². The summed E-state index contributed by atoms with van der Waals surface area (Å²) in [6, 6.07) is 15.2. The van der Waals surface area contributed by atoms with Gasteiger partial charge >= 0.3 is 5.69 Å². The van der Waals surface area contributed by atoms with E-state index < -0.39 is 5.69 Å². The van der Waals surface area contributed by atoms with Gasteiger partial charge in [0, 0.05) is 5.56 Å². The summed E-state index contributed by atoms with van der Waals surface area (Å²) in [6.07, 6.45) is 0. The van der Waals surface area contributed by atoms with Crippen LogP contribution in [0, 0.1) is 12.7 Å². The van der Waals surface area contributed by atoms with Gasteiger partial charge in [-0.05, 0) is 36.6 Å². The highest BCUT2D eigenvalue weighted by molar-refractivity contribution is 7.17. The summed E-state index contributed by atoms with van der Waals surface area (Å²) in [6.45, 7) is 2.00. The highest BCUT2D eigenvalue weighted by Gasteiger charge is 2.16. The zero-order chi connectivity index (χ0) is 18.3. The Kier molecular flexibility index (Phi) is 4.05. The number of hydrogen-bond donors (Lipinski definition) is 0. The summed E-state index contributed by atoms with van der Waals surface area (Å²) >= 11 is 1.28. The molecule has 26 heavy (non-hydrogen) atoms. The predicted octanol–water partition coefficient (Wildman–Crippen LogP) is 3.71. The molecule has 0 N–H and O–H groups in total. The van der Waals surface area contributed by atoms with Gasteiger partial charge in [-0.3, -0.25) is 9.36 Å². The van der Waals surface area contributed by atoms with Crippen molar-refractivity contribution in [3.63, 3.8) is 0 Å². The molecule has 4 nitrogen and oxygen atoms in total. The van der Waals surface area contributed by atoms with E-state index in [2.05, 4.69) is 0 Å². The van der Waals surface area contributed by atoms with Gasteiger partial charge < -0.3 is 0 Å². The van der Waals surface area contributed by atoms with Crippen LogP contribution in [0.15, 0.2) is 69.6 Å². The monoisotopic (exact) mass is 366 g/mol. The zero-order valence-electron chi connectivity index (χ0n) is 14.0. The van der Waals surface area contributed by atoms with Crippen LogP contribution in [0.2, 0.25) is 0 Å². The Morgan fingerprint density at radius 2 is 1.73 bits per heavy atom. The van der Waals surface area contributed by atoms with Crippen molar-refractivity contribution >= 4 is 21.6 Å². The molecule has 0 unspecified atom stereocenters. The maximum Gasteiger partial charge on any atom is 0.336 e. The molecular weight excluding hydrogens is 351 g/mol. The van der Waals surface area contributed by atoms with Crippen molar-refractivity contribution in [3.05, 3.63) is 97.8 Å². The topological polar surface area (TPSA) is 44.0 Å². The van der Waals surface area contributed by atoms with E-state index in [1.807, 2.05) is 19.1 Å². The number of fused-ring (bicyclic) bond motifs is 1. The largest absolute Gasteiger partial charge is 0.336 e. The van der Waals surface area contributed by atoms with Gasteiger partial charge in [0.25, 0.3) is 5.56 Å². The molecule has 0 saturated heterocycles. The van der Waals surface area contributed by atoms with Crippen molar-refractivity contribution in [2.24, 2.45) is 0 Å². The first-order valence-electron chi connectivity index (χ1n) is 8.10. The molecule has 0 radical (unpaired) electrons. The zero-order valence-corrected chi connectivity index (χ0v) is 14.8. The second-order valence-corrected chi connectivity index (χ2v) is 6.99. The van der Waals surface area contributed by atoms with Crippen LogP contribution in [0.3, 0.4) is 0 Å². The fourth-order valence-corrected chi connectivity index (χ4v) is 3.78. The van der Waals surface area contributed by atoms with Crippen LogP contribution in [-0.2, 0) is 6.54 Å². The fraction of sp³-hybridized carbons (Fsp3) is 0.100. The fourth-order valence-electron chi connectivity index (χ4n) is 2.96. The highest BCUT2D eigenvalue weighted by atomic mass is 32.1. The van der Waals surface area contributed by atoms with Gasteiger partial charge in [0.15, 0.2) is 0 Å². The molecule has 6 heteroatoms. The van der Waals surface area contributed by atoms with Gasteiger partial charge in [-0.1, -0.05) is 35.9 Å². The van der Waals surface area contributed by atoms with Crippen LogP contribution in [0.4, 0.5) is 4.39 Å². The second kappa shape index (κ2) is 6.38. The summed E-state index contributed by atoms with van der Waals surface area (Å²) in [5, 5.41) is 1.77. The standard InChI is InChI=1S/C20H15FN2O2S/c1-13-6-8-15(9-7-13)23-19(24)18-17(10-11-26-18)22(20(23)25)12-14-4-2-3-5-16(14)21/h2-11H,12H2,1H3. The Balaban J connectivity index is 2.00. The number of thiophene rings is 1. The van der Waals surface area contributed by atoms with E-state index in [1.54, 1.807) is 41.8 Å². The summed E-state index contributed by atoms with van der Waals surface area (Å²) in [5.74, 6) is -0.379. The van der Waals surface area contributed by atoms with Crippen molar-refractivity contribution in [1.29, 1.82) is 0 Å². The van der Waals surface area contributed by atoms with Gasteiger partial charge in [-0.15, -0.1) is 11.3 Å². The molecule has 2 heterocycles. The maximum absolute atomic E-state index is 14.1. The Morgan fingerprint density at radius 3 is 2.46 bits per heavy atom. The van der Waals surface area contributed by atoms with E-state index in [1.165, 1.54) is 22.0 Å². The third-order valence-corrected chi connectivity index (χ3v) is 5.22. The van der Waals surface area contributed by atoms with Gasteiger partial charge in [0.2, 0.25) is 0 Å². The van der Waals surface area contributed by atoms with Crippen molar-refractivity contribution < 1.29 is 4.39 Å². The van der Waals surface area contributed by atoms with Crippen LogP contribution < -0.4 is 11.2 Å². The molecule has 0 aliphatic rings. The highest BCUT2D eigenvalue weighted by Crippen LogP contribution is 2.18. The lowest BCUT2D eigenvalue weighted by Crippen LogP contribution is -2.38. The van der Waals surface area contributed by atoms with Crippen LogP contribution in [0.25, 0.3) is 15.9 Å². The third-order valence-electron chi connectivity index (χ3n) is 4.33. The summed E-state index contributed by atoms with van der Waals surface area (Å²) in [5.41, 5.74) is 1.63. The van der Waals surface area contributed by atoms with Crippen LogP contribution in [0.1, 0.15) is 11.1 Å². The van der Waals surface area contributed by atoms with Gasteiger partial charge in [0.1, 0.15) is 10.5 Å². The number of aromatic nitrogens is 2. The van der Waals surface area contributed by atoms with Crippen molar-refractivity contribution in [2.45, 2.75) is 13.5 Å². The minimum atomic E-state index is -0.479. The van der Waals surface area contributed by atoms with Crippen molar-refractivity contribution in [1.82, 2.24) is 9.13 Å². The minimum Gasteiger partial charge on any atom is -0.287 e. The normalized spacial score (nSPS) is 11.2. The molecule has 0 aliphatic carbocycles. The Labute approximate surface area is 152 Å². The Bertz CT molecular complexity index is 1220. The molecule has 0 saturated carbocycles. The van der Waals surface area contributed by atoms with E-state index in [9.17, 15) is 14.0 Å². The lowest BCUT2D eigenvalue weighted by molar-refractivity contribution is 0.594. The second-order valence-electron chi connectivity index (χ2n) is 6.07. The van der Waals surface area contributed by atoms with Crippen molar-refractivity contribution in [3.8, 4) is 5.69 Å². The molecule has 0 amide bonds. The van der Waals surface area contributed by atoms with Crippen LogP contribution in [0.5, 0.6) is 0 Å². The van der Waals surface area contributed by atoms with Crippen LogP contribution >= 0.6 is 11.3 Å². The van der Waals surface area contributed by atoms with Crippen LogP contribution in [-0.4, -0.2) is 9.13 Å². The molecule has 0 atom stereocenters. The lowest BCUT2D eigenvalue weighted by Gasteiger charge is -2.13. The lowest BCUT2D eigenvalue weighted by atomic mass is 10.2. The summed E-state index contributed by atoms with van der Waals surface area (Å²) in [4.78, 5) is 26.0. The Morgan fingerprint density at radius 1 is 1.00 bits per heavy atom. The number of hydrogen-bond acceptors (Lipinski definition) is 3. The molecule has 130 valence electrons. The van der Waals surface area contributed by atoms with E-state index >= 15 is 0 Å². The van der Waals surface area contributed by atoms with Gasteiger partial charge in [0.05, 0.1) is 17.7 Å². The molecule has 4 rings (SSSR count). The third kappa shape index (κ3) is 2.68. The quantitative estimate of drug-likeness (QED) is 0.555. The molecule has 2 aromatic heterocycles. The smallest absolute Gasteiger partial charge is 0.287 e.